The zero-order valence-corrected chi connectivity index (χ0v) is 18.3. The van der Waals surface area contributed by atoms with Crippen molar-refractivity contribution in [2.45, 2.75) is 45.6 Å². The van der Waals surface area contributed by atoms with Gasteiger partial charge < -0.3 is 14.8 Å². The fourth-order valence-electron chi connectivity index (χ4n) is 3.56. The highest BCUT2D eigenvalue weighted by Crippen LogP contribution is 2.42. The molecule has 166 valence electrons. The number of unbranched alkanes of at least 4 members (excludes halogenated alkanes) is 2. The first-order valence-electron chi connectivity index (χ1n) is 10.9. The van der Waals surface area contributed by atoms with E-state index in [1.807, 2.05) is 31.2 Å². The molecule has 1 aliphatic heterocycles. The number of aromatic amines is 1. The third-order valence-electron chi connectivity index (χ3n) is 5.25. The number of hydrogen-bond donors (Lipinski definition) is 2. The second-order valence-corrected chi connectivity index (χ2v) is 7.86. The number of carbonyl (C=O) groups is 1. The maximum atomic E-state index is 12.6. The fraction of sp³-hybridized carbons (Fsp3) is 0.333. The Bertz CT molecular complexity index is 1080. The molecular weight excluding hydrogens is 406 g/mol. The monoisotopic (exact) mass is 433 g/mol. The summed E-state index contributed by atoms with van der Waals surface area (Å²) in [5.74, 6) is 1.25. The number of amides is 1. The van der Waals surface area contributed by atoms with Gasteiger partial charge in [0.05, 0.1) is 5.69 Å². The smallest absolute Gasteiger partial charge is 0.248 e. The van der Waals surface area contributed by atoms with Crippen LogP contribution in [0.4, 0.5) is 5.69 Å². The van der Waals surface area contributed by atoms with E-state index < -0.39 is 6.10 Å². The van der Waals surface area contributed by atoms with Crippen LogP contribution in [-0.4, -0.2) is 33.1 Å². The number of ether oxygens (including phenoxy) is 2. The van der Waals surface area contributed by atoms with Gasteiger partial charge in [-0.15, -0.1) is 5.10 Å². The van der Waals surface area contributed by atoms with E-state index in [0.29, 0.717) is 23.0 Å². The number of aryl methyl sites for hydroxylation is 2. The minimum atomic E-state index is -0.484. The molecule has 0 spiro atoms. The quantitative estimate of drug-likeness (QED) is 0.403. The van der Waals surface area contributed by atoms with Gasteiger partial charge in [-0.25, -0.2) is 5.10 Å². The minimum absolute atomic E-state index is 0.253. The van der Waals surface area contributed by atoms with Crippen molar-refractivity contribution in [1.29, 1.82) is 0 Å². The number of tetrazole rings is 1. The first-order chi connectivity index (χ1) is 15.6. The number of carbonyl (C=O) groups excluding carboxylic acids is 1. The number of rotatable bonds is 8. The van der Waals surface area contributed by atoms with Gasteiger partial charge in [0.1, 0.15) is 6.61 Å². The van der Waals surface area contributed by atoms with Crippen LogP contribution < -0.4 is 14.8 Å². The predicted molar refractivity (Wildman–Crippen MR) is 122 cm³/mol. The Balaban J connectivity index is 1.43. The van der Waals surface area contributed by atoms with Crippen LogP contribution in [0.3, 0.4) is 0 Å². The van der Waals surface area contributed by atoms with Crippen LogP contribution in [0.2, 0.25) is 0 Å². The third-order valence-corrected chi connectivity index (χ3v) is 5.25. The molecule has 1 atom stereocenters. The van der Waals surface area contributed by atoms with Crippen LogP contribution in [-0.2, 0) is 11.2 Å². The molecule has 2 heterocycles. The van der Waals surface area contributed by atoms with E-state index in [0.717, 1.165) is 17.5 Å². The van der Waals surface area contributed by atoms with Crippen molar-refractivity contribution >= 4 is 17.7 Å². The van der Waals surface area contributed by atoms with Crippen molar-refractivity contribution in [3.05, 3.63) is 65.0 Å². The second kappa shape index (κ2) is 10.1. The molecule has 32 heavy (non-hydrogen) atoms. The molecule has 0 aliphatic carbocycles. The molecule has 8 nitrogen and oxygen atoms in total. The van der Waals surface area contributed by atoms with Crippen molar-refractivity contribution in [3.63, 3.8) is 0 Å². The Labute approximate surface area is 187 Å². The lowest BCUT2D eigenvalue weighted by atomic mass is 10.1. The Morgan fingerprint density at radius 3 is 2.84 bits per heavy atom. The van der Waals surface area contributed by atoms with E-state index in [4.69, 9.17) is 9.47 Å². The highest BCUT2D eigenvalue weighted by atomic mass is 16.6. The minimum Gasteiger partial charge on any atom is -0.485 e. The van der Waals surface area contributed by atoms with Gasteiger partial charge in [0.15, 0.2) is 23.4 Å². The zero-order chi connectivity index (χ0) is 22.3. The number of nitrogens with zero attached hydrogens (tertiary/aromatic N) is 3. The number of aromatic nitrogens is 4. The molecule has 0 saturated heterocycles. The van der Waals surface area contributed by atoms with Gasteiger partial charge >= 0.3 is 0 Å². The summed E-state index contributed by atoms with van der Waals surface area (Å²) in [6, 6.07) is 12.0. The Hall–Kier alpha value is -3.68. The normalized spacial score (nSPS) is 15.1. The highest BCUT2D eigenvalue weighted by molar-refractivity contribution is 6.03. The standard InChI is InChI=1S/C24H27N5O3/c1-3-4-5-6-17-7-9-18(10-8-17)11-12-22(30)25-19-13-16(2)14-20-23(19)32-21(15-31-20)24-26-28-29-27-24/h7-14,21H,3-6,15H2,1-2H3,(H,25,30)(H,26,27,28,29). The summed E-state index contributed by atoms with van der Waals surface area (Å²) in [5, 5.41) is 16.6. The summed E-state index contributed by atoms with van der Waals surface area (Å²) >= 11 is 0. The molecule has 1 unspecified atom stereocenters. The van der Waals surface area contributed by atoms with E-state index in [-0.39, 0.29) is 12.5 Å². The first kappa shape index (κ1) is 21.5. The second-order valence-electron chi connectivity index (χ2n) is 7.86. The van der Waals surface area contributed by atoms with Gasteiger partial charge in [-0.05, 0) is 65.1 Å². The molecule has 1 aromatic heterocycles. The highest BCUT2D eigenvalue weighted by Gasteiger charge is 2.28. The maximum absolute atomic E-state index is 12.6. The average molecular weight is 434 g/mol. The topological polar surface area (TPSA) is 102 Å². The van der Waals surface area contributed by atoms with E-state index in [9.17, 15) is 4.79 Å². The van der Waals surface area contributed by atoms with Gasteiger partial charge in [-0.1, -0.05) is 44.0 Å². The molecule has 4 rings (SSSR count). The lowest BCUT2D eigenvalue weighted by Gasteiger charge is -2.27. The molecule has 1 aliphatic rings. The van der Waals surface area contributed by atoms with Crippen molar-refractivity contribution < 1.29 is 14.3 Å². The van der Waals surface area contributed by atoms with E-state index in [1.54, 1.807) is 6.08 Å². The maximum Gasteiger partial charge on any atom is 0.248 e. The number of nitrogens with one attached hydrogen (secondary N) is 2. The predicted octanol–water partition coefficient (Wildman–Crippen LogP) is 4.41. The Kier molecular flexibility index (Phi) is 6.79. The number of benzene rings is 2. The molecular formula is C24H27N5O3. The van der Waals surface area contributed by atoms with Crippen molar-refractivity contribution in [1.82, 2.24) is 20.6 Å². The van der Waals surface area contributed by atoms with E-state index in [2.05, 4.69) is 45.0 Å². The molecule has 2 aromatic carbocycles. The van der Waals surface area contributed by atoms with Crippen LogP contribution in [0.25, 0.3) is 6.08 Å². The average Bonchev–Trinajstić information content (AvgIpc) is 3.33. The van der Waals surface area contributed by atoms with E-state index in [1.165, 1.54) is 30.9 Å². The molecule has 0 bridgehead atoms. The fourth-order valence-corrected chi connectivity index (χ4v) is 3.56. The van der Waals surface area contributed by atoms with Gasteiger partial charge in [-0.2, -0.15) is 0 Å². The Morgan fingerprint density at radius 2 is 2.09 bits per heavy atom. The van der Waals surface area contributed by atoms with Gasteiger partial charge in [-0.3, -0.25) is 4.79 Å². The summed E-state index contributed by atoms with van der Waals surface area (Å²) in [4.78, 5) is 12.6. The Morgan fingerprint density at radius 1 is 1.25 bits per heavy atom. The van der Waals surface area contributed by atoms with Gasteiger partial charge in [0.25, 0.3) is 0 Å². The molecule has 0 saturated carbocycles. The van der Waals surface area contributed by atoms with Crippen LogP contribution in [0, 0.1) is 6.92 Å². The molecule has 1 amide bonds. The number of H-pyrrole nitrogens is 1. The zero-order valence-electron chi connectivity index (χ0n) is 18.3. The largest absolute Gasteiger partial charge is 0.485 e. The molecule has 0 radical (unpaired) electrons. The summed E-state index contributed by atoms with van der Waals surface area (Å²) in [6.07, 6.45) is 7.58. The SMILES string of the molecule is CCCCCc1ccc(C=CC(=O)Nc2cc(C)cc3c2OC(c2nnn[nH]2)CO3)cc1. The van der Waals surface area contributed by atoms with Gasteiger partial charge in [0, 0.05) is 6.08 Å². The molecule has 3 aromatic rings. The van der Waals surface area contributed by atoms with Crippen molar-refractivity contribution in [3.8, 4) is 11.5 Å². The van der Waals surface area contributed by atoms with Crippen LogP contribution in [0.15, 0.2) is 42.5 Å². The third kappa shape index (κ3) is 5.32. The van der Waals surface area contributed by atoms with Crippen LogP contribution in [0.1, 0.15) is 54.8 Å². The lowest BCUT2D eigenvalue weighted by Crippen LogP contribution is -2.24. The number of anilines is 1. The summed E-state index contributed by atoms with van der Waals surface area (Å²) in [6.45, 7) is 4.41. The molecule has 8 heteroatoms. The molecule has 2 N–H and O–H groups in total. The number of hydrogen-bond acceptors (Lipinski definition) is 6. The van der Waals surface area contributed by atoms with Crippen molar-refractivity contribution in [2.75, 3.05) is 11.9 Å². The first-order valence-corrected chi connectivity index (χ1v) is 10.9. The summed E-state index contributed by atoms with van der Waals surface area (Å²) in [5.41, 5.74) is 3.78. The van der Waals surface area contributed by atoms with Crippen LogP contribution in [0.5, 0.6) is 11.5 Å². The number of fused-ring (bicyclic) bond motifs is 1. The summed E-state index contributed by atoms with van der Waals surface area (Å²) in [7, 11) is 0. The van der Waals surface area contributed by atoms with Crippen molar-refractivity contribution in [2.24, 2.45) is 0 Å². The van der Waals surface area contributed by atoms with E-state index >= 15 is 0 Å². The van der Waals surface area contributed by atoms with Crippen LogP contribution >= 0.6 is 0 Å². The summed E-state index contributed by atoms with van der Waals surface area (Å²) < 4.78 is 11.9. The van der Waals surface area contributed by atoms with Gasteiger partial charge in [0.2, 0.25) is 5.91 Å². The molecule has 0 fully saturated rings. The lowest BCUT2D eigenvalue weighted by molar-refractivity contribution is -0.111.